The maximum atomic E-state index is 6.25. The molecular formula is C19H46O9S2Si3. The Kier molecular flexibility index (Phi) is 20.7. The fourth-order valence-corrected chi connectivity index (χ4v) is 14.8. The van der Waals surface area contributed by atoms with Gasteiger partial charge in [-0.15, -0.1) is 0 Å². The minimum absolute atomic E-state index is 0.527. The molecule has 0 aromatic heterocycles. The fraction of sp³-hybridized carbons (Fsp3) is 1.00. The largest absolute Gasteiger partial charge is 0.573 e. The lowest BCUT2D eigenvalue weighted by Gasteiger charge is -2.30. The zero-order chi connectivity index (χ0) is 25.1. The quantitative estimate of drug-likeness (QED) is 0.126. The lowest BCUT2D eigenvalue weighted by Crippen LogP contribution is -2.47. The number of rotatable bonds is 24. The van der Waals surface area contributed by atoms with E-state index in [1.165, 1.54) is 0 Å². The smallest absolute Gasteiger partial charge is 0.377 e. The van der Waals surface area contributed by atoms with Gasteiger partial charge in [0, 0.05) is 78.8 Å². The van der Waals surface area contributed by atoms with Crippen molar-refractivity contribution in [2.24, 2.45) is 0 Å². The molecule has 0 aromatic rings. The highest BCUT2D eigenvalue weighted by Gasteiger charge is 2.45. The Hall–Kier alpha value is 0.991. The van der Waals surface area contributed by atoms with Crippen molar-refractivity contribution in [3.8, 4) is 0 Å². The van der Waals surface area contributed by atoms with Gasteiger partial charge in [0.2, 0.25) is 0 Å². The summed E-state index contributed by atoms with van der Waals surface area (Å²) in [6, 6.07) is 1.42. The molecule has 0 unspecified atom stereocenters. The first-order valence-corrected chi connectivity index (χ1v) is 20.1. The zero-order valence-electron chi connectivity index (χ0n) is 21.8. The third kappa shape index (κ3) is 13.2. The van der Waals surface area contributed by atoms with Crippen LogP contribution in [0, 0.1) is 0 Å². The molecular weight excluding hydrogens is 521 g/mol. The molecule has 0 saturated carbocycles. The highest BCUT2D eigenvalue weighted by molar-refractivity contribution is 8.26. The van der Waals surface area contributed by atoms with Crippen LogP contribution in [-0.2, 0) is 39.8 Å². The van der Waals surface area contributed by atoms with Gasteiger partial charge in [0.15, 0.2) is 0 Å². The summed E-state index contributed by atoms with van der Waals surface area (Å²) in [5, 5.41) is 0. The van der Waals surface area contributed by atoms with Crippen LogP contribution in [-0.4, -0.2) is 104 Å². The molecule has 0 bridgehead atoms. The Morgan fingerprint density at radius 3 is 1.39 bits per heavy atom. The molecule has 33 heavy (non-hydrogen) atoms. The van der Waals surface area contributed by atoms with Crippen LogP contribution in [0.15, 0.2) is 0 Å². The van der Waals surface area contributed by atoms with Gasteiger partial charge in [0.05, 0.1) is 0 Å². The second-order valence-corrected chi connectivity index (χ2v) is 18.4. The molecule has 0 aliphatic carbocycles. The van der Waals surface area contributed by atoms with Crippen molar-refractivity contribution in [3.05, 3.63) is 0 Å². The molecule has 0 atom stereocenters. The molecule has 0 N–H and O–H groups in total. The van der Waals surface area contributed by atoms with Gasteiger partial charge in [-0.3, -0.25) is 0 Å². The molecule has 9 nitrogen and oxygen atoms in total. The first-order chi connectivity index (χ1) is 15.9. The predicted molar refractivity (Wildman–Crippen MR) is 142 cm³/mol. The maximum Gasteiger partial charge on any atom is 0.573 e. The van der Waals surface area contributed by atoms with Crippen LogP contribution in [0.25, 0.3) is 0 Å². The van der Waals surface area contributed by atoms with Gasteiger partial charge in [0.25, 0.3) is 0 Å². The molecule has 0 spiro atoms. The van der Waals surface area contributed by atoms with Crippen molar-refractivity contribution in [2.45, 2.75) is 46.7 Å². The minimum atomic E-state index is -2.87. The van der Waals surface area contributed by atoms with Crippen molar-refractivity contribution in [1.29, 1.82) is 0 Å². The molecule has 0 radical (unpaired) electrons. The van der Waals surface area contributed by atoms with E-state index < -0.39 is 25.6 Å². The van der Waals surface area contributed by atoms with E-state index >= 15 is 0 Å². The van der Waals surface area contributed by atoms with Crippen molar-refractivity contribution in [1.82, 2.24) is 0 Å². The minimum Gasteiger partial charge on any atom is -0.377 e. The average Bonchev–Trinajstić information content (AvgIpc) is 2.80. The highest BCUT2D eigenvalue weighted by Crippen LogP contribution is 2.29. The maximum absolute atomic E-state index is 6.25. The van der Waals surface area contributed by atoms with Gasteiger partial charge in [-0.1, -0.05) is 11.2 Å². The summed E-state index contributed by atoms with van der Waals surface area (Å²) < 4.78 is 52.6. The third-order valence-electron chi connectivity index (χ3n) is 4.41. The van der Waals surface area contributed by atoms with Crippen LogP contribution in [0.2, 0.25) is 12.1 Å². The first-order valence-electron chi connectivity index (χ1n) is 11.6. The van der Waals surface area contributed by atoms with E-state index in [0.29, 0.717) is 51.4 Å². The van der Waals surface area contributed by atoms with Gasteiger partial charge in [0.1, 0.15) is 0 Å². The Labute approximate surface area is 212 Å². The molecule has 0 saturated heterocycles. The van der Waals surface area contributed by atoms with Crippen molar-refractivity contribution in [2.75, 3.05) is 78.2 Å². The van der Waals surface area contributed by atoms with Crippen molar-refractivity contribution in [3.63, 3.8) is 0 Å². The topological polar surface area (TPSA) is 83.1 Å². The molecule has 0 heterocycles. The third-order valence-corrected chi connectivity index (χ3v) is 17.2. The van der Waals surface area contributed by atoms with E-state index in [1.54, 1.807) is 44.3 Å². The number of hydrogen-bond acceptors (Lipinski definition) is 11. The lowest BCUT2D eigenvalue weighted by molar-refractivity contribution is 0.0728. The summed E-state index contributed by atoms with van der Waals surface area (Å²) in [5.74, 6) is 2.40. The second-order valence-electron chi connectivity index (χ2n) is 6.45. The fourth-order valence-electron chi connectivity index (χ4n) is 2.99. The molecule has 0 aromatic carbocycles. The summed E-state index contributed by atoms with van der Waals surface area (Å²) in [5.41, 5.74) is 0. The monoisotopic (exact) mass is 566 g/mol. The van der Waals surface area contributed by atoms with Gasteiger partial charge >= 0.3 is 25.6 Å². The van der Waals surface area contributed by atoms with Gasteiger partial charge in [-0.25, -0.2) is 0 Å². The second kappa shape index (κ2) is 20.1. The number of thioether (sulfide) groups is 1. The summed E-state index contributed by atoms with van der Waals surface area (Å²) >= 11 is 3.38. The van der Waals surface area contributed by atoms with Gasteiger partial charge in [-0.05, 0) is 46.1 Å². The van der Waals surface area contributed by atoms with Crippen LogP contribution in [0.1, 0.15) is 34.6 Å². The Morgan fingerprint density at radius 1 is 0.515 bits per heavy atom. The number of hydrogen-bond donors (Lipinski definition) is 0. The van der Waals surface area contributed by atoms with Crippen LogP contribution in [0.5, 0.6) is 0 Å². The lowest BCUT2D eigenvalue weighted by atomic mass is 10.9. The molecule has 0 aliphatic heterocycles. The van der Waals surface area contributed by atoms with E-state index in [0.717, 1.165) is 17.5 Å². The predicted octanol–water partition coefficient (Wildman–Crippen LogP) is 3.90. The molecule has 14 heteroatoms. The van der Waals surface area contributed by atoms with Crippen molar-refractivity contribution < 1.29 is 39.8 Å². The molecule has 0 fully saturated rings. The Balaban J connectivity index is 4.75. The first kappa shape index (κ1) is 34.0. The van der Waals surface area contributed by atoms with Crippen molar-refractivity contribution >= 4 is 48.5 Å². The van der Waals surface area contributed by atoms with Gasteiger partial charge < -0.3 is 39.8 Å². The van der Waals surface area contributed by atoms with E-state index in [9.17, 15) is 0 Å². The van der Waals surface area contributed by atoms with Crippen LogP contribution < -0.4 is 0 Å². The van der Waals surface area contributed by atoms with E-state index in [2.05, 4.69) is 0 Å². The van der Waals surface area contributed by atoms with E-state index in [4.69, 9.17) is 39.8 Å². The normalized spacial score (nSPS) is 13.1. The van der Waals surface area contributed by atoms with Crippen LogP contribution in [0.3, 0.4) is 0 Å². The molecule has 200 valence electrons. The van der Waals surface area contributed by atoms with Crippen LogP contribution in [0.4, 0.5) is 0 Å². The zero-order valence-corrected chi connectivity index (χ0v) is 26.4. The van der Waals surface area contributed by atoms with Gasteiger partial charge in [-0.2, -0.15) is 11.8 Å². The summed E-state index contributed by atoms with van der Waals surface area (Å²) in [7, 11) is -3.27. The highest BCUT2D eigenvalue weighted by atomic mass is 32.4. The van der Waals surface area contributed by atoms with E-state index in [-0.39, 0.29) is 0 Å². The van der Waals surface area contributed by atoms with Crippen LogP contribution >= 0.6 is 23.0 Å². The summed E-state index contributed by atoms with van der Waals surface area (Å²) in [6.07, 6.45) is 0. The van der Waals surface area contributed by atoms with E-state index in [1.807, 2.05) is 34.6 Å². The average molecular weight is 567 g/mol. The standard InChI is InChI=1S/C19H46O9S2Si3/c1-9-23-32(24-10-2,25-11-3)18-16-29-15-14-28-33(26-12-4,27-13-5)30-17-19-31(20-6,21-7)22-8/h9-19H2,1-8H3. The SMILES string of the molecule is CCO[Si](CCSCCO[Si](OCC)(OCC)SCC[Si](OC)(OC)OC)(OCC)OCC. The Morgan fingerprint density at radius 2 is 0.970 bits per heavy atom. The molecule has 0 aliphatic rings. The summed E-state index contributed by atoms with van der Waals surface area (Å²) in [4.78, 5) is 0. The molecule has 0 amide bonds. The molecule has 0 rings (SSSR count). The Bertz CT molecular complexity index is 435. The summed E-state index contributed by atoms with van der Waals surface area (Å²) in [6.45, 7) is 13.2.